The van der Waals surface area contributed by atoms with Crippen LogP contribution in [0.25, 0.3) is 165 Å². The van der Waals surface area contributed by atoms with Gasteiger partial charge in [-0.05, 0) is 302 Å². The van der Waals surface area contributed by atoms with Gasteiger partial charge in [-0.3, -0.25) is 40.6 Å². The van der Waals surface area contributed by atoms with Crippen LogP contribution in [-0.4, -0.2) is 106 Å². The molecule has 0 aliphatic heterocycles. The number of aryl methyl sites for hydroxylation is 8. The summed E-state index contributed by atoms with van der Waals surface area (Å²) in [5.41, 5.74) is 33.8. The van der Waals surface area contributed by atoms with Crippen LogP contribution in [0.1, 0.15) is 142 Å². The van der Waals surface area contributed by atoms with Gasteiger partial charge in [0.2, 0.25) is 0 Å². The number of nitrogens with one attached hydrogen (secondary N) is 8. The van der Waals surface area contributed by atoms with E-state index < -0.39 is 34.9 Å². The molecule has 20 aromatic rings. The molecule has 21 nitrogen and oxygen atoms in total. The lowest BCUT2D eigenvalue weighted by Gasteiger charge is -2.22. The molecule has 0 radical (unpaired) electrons. The molecule has 0 unspecified atom stereocenters. The number of aromatic nitrogens is 19. The molecule has 5 aliphatic carbocycles. The lowest BCUT2D eigenvalue weighted by molar-refractivity contribution is -0.138. The first-order chi connectivity index (χ1) is 60.0. The average Bonchev–Trinajstić information content (AvgIpc) is 1.75. The van der Waals surface area contributed by atoms with Gasteiger partial charge in [0, 0.05) is 128 Å². The molecule has 0 fully saturated rings. The lowest BCUT2D eigenvalue weighted by atomic mass is 9.85. The molecular formula is C97H84F5N19O2. The minimum Gasteiger partial charge on any atom is -0.507 e. The Labute approximate surface area is 699 Å². The highest BCUT2D eigenvalue weighted by molar-refractivity contribution is 6.12. The molecule has 7 aromatic carbocycles. The smallest absolute Gasteiger partial charge is 0.419 e. The number of H-pyrrole nitrogens is 8. The predicted molar refractivity (Wildman–Crippen MR) is 471 cm³/mol. The fourth-order valence-electron chi connectivity index (χ4n) is 20.1. The molecule has 0 spiro atoms. The third kappa shape index (κ3) is 13.4. The van der Waals surface area contributed by atoms with Crippen LogP contribution in [0.5, 0.6) is 11.5 Å². The van der Waals surface area contributed by atoms with E-state index in [1.54, 1.807) is 12.4 Å². The maximum Gasteiger partial charge on any atom is 0.419 e. The summed E-state index contributed by atoms with van der Waals surface area (Å²) in [4.78, 5) is 30.8. The van der Waals surface area contributed by atoms with E-state index >= 15 is 0 Å². The van der Waals surface area contributed by atoms with Crippen LogP contribution < -0.4 is 0 Å². The molecule has 5 aliphatic rings. The van der Waals surface area contributed by atoms with Gasteiger partial charge in [0.05, 0.1) is 115 Å². The van der Waals surface area contributed by atoms with Crippen LogP contribution in [0.2, 0.25) is 0 Å². The normalized spacial score (nSPS) is 14.4. The average molecular weight is 1640 g/mol. The molecule has 614 valence electrons. The van der Waals surface area contributed by atoms with Crippen molar-refractivity contribution in [3.8, 4) is 67.8 Å². The fraction of sp³-hybridized carbons (Fsp3) is 0.247. The number of rotatable bonds is 5. The Kier molecular flexibility index (Phi) is 19.2. The summed E-state index contributed by atoms with van der Waals surface area (Å²) in [5.74, 6) is -2.99. The van der Waals surface area contributed by atoms with E-state index in [1.807, 2.05) is 61.4 Å². The number of phenolic OH excluding ortho intramolecular Hbond substituents is 2. The third-order valence-corrected chi connectivity index (χ3v) is 25.8. The highest BCUT2D eigenvalue weighted by Crippen LogP contribution is 2.47. The van der Waals surface area contributed by atoms with E-state index in [9.17, 15) is 32.2 Å². The minimum atomic E-state index is -4.63. The Bertz CT molecular complexity index is 7200. The number of halogens is 5. The molecule has 10 N–H and O–H groups in total. The molecule has 0 saturated carbocycles. The van der Waals surface area contributed by atoms with Crippen LogP contribution in [0, 0.1) is 32.4 Å². The number of hydrogen-bond acceptors (Lipinski definition) is 13. The SMILES string of the molecule is Cc1[nH]ncc1-c1[nH]c2ccc3nccc3c2c2c1CCCC2.Cc1[nH]ncc1-c1[nH]c2ccc3nccc3c2c2c1CCCC2.Cc1[nH]ncc1-c1nc2ccc3[nH]ncc3c2c2c1CCCC2.Oc1cc(F)c(-c2nc3ccc4[nH]ncc4c3c3c2CCCC3)cc1F.Oc1ccc(-c2nc3ccc4[nH]ncc4c3c3c2CCCC3)cc1C(F)(F)F. The van der Waals surface area contributed by atoms with E-state index in [4.69, 9.17) is 15.0 Å². The Balaban J connectivity index is 0.0000000946. The van der Waals surface area contributed by atoms with Gasteiger partial charge in [-0.2, -0.15) is 43.8 Å². The molecule has 26 heteroatoms. The molecule has 13 aromatic heterocycles. The number of aromatic hydroxyl groups is 2. The van der Waals surface area contributed by atoms with E-state index in [0.717, 1.165) is 230 Å². The molecule has 25 rings (SSSR count). The van der Waals surface area contributed by atoms with Gasteiger partial charge < -0.3 is 20.2 Å². The van der Waals surface area contributed by atoms with Crippen molar-refractivity contribution in [1.29, 1.82) is 0 Å². The first kappa shape index (κ1) is 76.4. The molecule has 0 atom stereocenters. The van der Waals surface area contributed by atoms with Gasteiger partial charge in [0.1, 0.15) is 11.6 Å². The number of hydrogen-bond donors (Lipinski definition) is 10. The Hall–Kier alpha value is -14.0. The number of aromatic amines is 8. The third-order valence-electron chi connectivity index (χ3n) is 25.8. The largest absolute Gasteiger partial charge is 0.507 e. The second-order valence-corrected chi connectivity index (χ2v) is 33.0. The molecule has 0 bridgehead atoms. The Morgan fingerprint density at radius 3 is 1.08 bits per heavy atom. The number of nitrogens with zero attached hydrogens (tertiary/aromatic N) is 11. The first-order valence-electron chi connectivity index (χ1n) is 42.3. The topological polar surface area (TPSA) is 309 Å². The van der Waals surface area contributed by atoms with Crippen LogP contribution in [0.3, 0.4) is 0 Å². The Morgan fingerprint density at radius 2 is 0.667 bits per heavy atom. The second kappa shape index (κ2) is 30.9. The maximum atomic E-state index is 14.5. The summed E-state index contributed by atoms with van der Waals surface area (Å²) in [7, 11) is 0. The van der Waals surface area contributed by atoms with Crippen LogP contribution in [-0.2, 0) is 70.4 Å². The monoisotopic (exact) mass is 1640 g/mol. The molecule has 13 heterocycles. The fourth-order valence-corrected chi connectivity index (χ4v) is 20.1. The van der Waals surface area contributed by atoms with Crippen molar-refractivity contribution in [3.63, 3.8) is 0 Å². The molecule has 0 saturated heterocycles. The summed E-state index contributed by atoms with van der Waals surface area (Å²) >= 11 is 0. The van der Waals surface area contributed by atoms with Crippen LogP contribution >= 0.6 is 0 Å². The van der Waals surface area contributed by atoms with Crippen molar-refractivity contribution >= 4 is 109 Å². The van der Waals surface area contributed by atoms with E-state index in [-0.39, 0.29) is 5.56 Å². The van der Waals surface area contributed by atoms with Crippen molar-refractivity contribution in [2.75, 3.05) is 0 Å². The highest BCUT2D eigenvalue weighted by atomic mass is 19.4. The zero-order valence-electron chi connectivity index (χ0n) is 67.8. The summed E-state index contributed by atoms with van der Waals surface area (Å²) < 4.78 is 68.3. The number of fused-ring (bicyclic) bond motifs is 25. The summed E-state index contributed by atoms with van der Waals surface area (Å²) in [6.45, 7) is 6.22. The Morgan fingerprint density at radius 1 is 0.309 bits per heavy atom. The summed E-state index contributed by atoms with van der Waals surface area (Å²) in [5, 5.41) is 74.1. The van der Waals surface area contributed by atoms with Crippen LogP contribution in [0.15, 0.2) is 153 Å². The highest BCUT2D eigenvalue weighted by Gasteiger charge is 2.36. The summed E-state index contributed by atoms with van der Waals surface area (Å²) in [6.07, 6.45) is 32.0. The van der Waals surface area contributed by atoms with Gasteiger partial charge in [-0.25, -0.2) is 23.7 Å². The molecule has 0 amide bonds. The number of pyridine rings is 5. The van der Waals surface area contributed by atoms with Gasteiger partial charge >= 0.3 is 6.18 Å². The zero-order chi connectivity index (χ0) is 83.5. The number of alkyl halides is 3. The van der Waals surface area contributed by atoms with Gasteiger partial charge in [-0.15, -0.1) is 0 Å². The minimum absolute atomic E-state index is 0.0904. The van der Waals surface area contributed by atoms with Crippen molar-refractivity contribution in [1.82, 2.24) is 96.1 Å². The lowest BCUT2D eigenvalue weighted by Crippen LogP contribution is -2.09. The maximum absolute atomic E-state index is 14.5. The van der Waals surface area contributed by atoms with E-state index in [0.29, 0.717) is 17.0 Å². The van der Waals surface area contributed by atoms with Crippen molar-refractivity contribution in [3.05, 3.63) is 243 Å². The van der Waals surface area contributed by atoms with Crippen molar-refractivity contribution < 1.29 is 32.2 Å². The number of phenols is 2. The quantitative estimate of drug-likeness (QED) is 0.0718. The predicted octanol–water partition coefficient (Wildman–Crippen LogP) is 22.3. The van der Waals surface area contributed by atoms with E-state index in [2.05, 4.69) is 150 Å². The zero-order valence-corrected chi connectivity index (χ0v) is 67.8. The van der Waals surface area contributed by atoms with Crippen LogP contribution in [0.4, 0.5) is 22.0 Å². The van der Waals surface area contributed by atoms with Gasteiger partial charge in [0.25, 0.3) is 0 Å². The van der Waals surface area contributed by atoms with Crippen molar-refractivity contribution in [2.45, 2.75) is 155 Å². The van der Waals surface area contributed by atoms with Gasteiger partial charge in [0.15, 0.2) is 11.6 Å². The van der Waals surface area contributed by atoms with Gasteiger partial charge in [-0.1, -0.05) is 0 Å². The molecule has 123 heavy (non-hydrogen) atoms. The number of benzene rings is 7. The van der Waals surface area contributed by atoms with Crippen molar-refractivity contribution in [2.24, 2.45) is 0 Å². The first-order valence-corrected chi connectivity index (χ1v) is 42.3. The van der Waals surface area contributed by atoms with E-state index in [1.165, 1.54) is 144 Å². The molecular weight excluding hydrogens is 1560 g/mol. The summed E-state index contributed by atoms with van der Waals surface area (Å²) in [6, 6.07) is 30.0. The standard InChI is InChI=1S/C21H16F3N3O.C20H15F2N3O.2C19H18N4.C18H17N5/c22-21(23,24)15-9-11(5-8-18(15)28)20-13-4-2-1-3-12(13)19-14-10-25-27-16(14)6-7-17(19)26-20;21-14-8-18(26)15(22)7-12(14)20-11-4-2-1-3-10(11)19-13-9-23-25-16(13)5-6-17(19)24-20;2*1-11-15(10-21-23-11)19-13-5-3-2-4-12(13)18-14-8-9-20-16(14)6-7-17(18)22-19;1-10-13(8-19-22-10)18-12-5-3-2-4-11(12)17-14-9-20-23-15(14)6-7-16(17)21-18/h5-10,28H,1-4H2,(H,25,27);5-9,26H,1-4H2,(H,23,25);2*6-10,22H,2-5H2,1H3,(H,21,23);6-9H,2-5H2,1H3,(H,19,22)(H,20,23). The second-order valence-electron chi connectivity index (χ2n) is 33.0.